The second kappa shape index (κ2) is 10.6. The van der Waals surface area contributed by atoms with Gasteiger partial charge in [0.25, 0.3) is 0 Å². The van der Waals surface area contributed by atoms with Crippen molar-refractivity contribution in [2.24, 2.45) is 18.0 Å². The van der Waals surface area contributed by atoms with Gasteiger partial charge in [-0.2, -0.15) is 5.10 Å². The van der Waals surface area contributed by atoms with E-state index in [1.807, 2.05) is 43.4 Å². The van der Waals surface area contributed by atoms with Crippen molar-refractivity contribution in [2.75, 3.05) is 20.1 Å². The Hall–Kier alpha value is -2.36. The van der Waals surface area contributed by atoms with Crippen LogP contribution < -0.4 is 5.32 Å². The molecule has 0 radical (unpaired) electrons. The van der Waals surface area contributed by atoms with Crippen LogP contribution in [0.15, 0.2) is 60.1 Å². The molecule has 1 unspecified atom stereocenters. The van der Waals surface area contributed by atoms with E-state index in [-0.39, 0.29) is 24.0 Å². The molecule has 0 amide bonds. The third kappa shape index (κ3) is 5.62. The molecule has 0 bridgehead atoms. The Labute approximate surface area is 195 Å². The lowest BCUT2D eigenvalue weighted by molar-refractivity contribution is 0.458. The van der Waals surface area contributed by atoms with Gasteiger partial charge in [0, 0.05) is 52.3 Å². The average Bonchev–Trinajstić information content (AvgIpc) is 3.46. The topological polar surface area (TPSA) is 63.3 Å². The van der Waals surface area contributed by atoms with Crippen LogP contribution in [0.4, 0.5) is 0 Å². The fourth-order valence-corrected chi connectivity index (χ4v) is 4.02. The first-order valence-corrected chi connectivity index (χ1v) is 10.2. The number of nitrogens with zero attached hydrogens (tertiary/aromatic N) is 6. The van der Waals surface area contributed by atoms with Crippen molar-refractivity contribution in [2.45, 2.75) is 25.9 Å². The number of aryl methyl sites for hydroxylation is 1. The van der Waals surface area contributed by atoms with Crippen molar-refractivity contribution >= 4 is 29.9 Å². The fourth-order valence-electron chi connectivity index (χ4n) is 4.02. The summed E-state index contributed by atoms with van der Waals surface area (Å²) in [4.78, 5) is 11.4. The highest BCUT2D eigenvalue weighted by Gasteiger charge is 2.25. The van der Waals surface area contributed by atoms with Gasteiger partial charge in [-0.05, 0) is 29.9 Å². The maximum atomic E-state index is 4.54. The minimum absolute atomic E-state index is 0. The van der Waals surface area contributed by atoms with Gasteiger partial charge in [-0.1, -0.05) is 30.3 Å². The second-order valence-corrected chi connectivity index (χ2v) is 7.68. The number of rotatable bonds is 6. The summed E-state index contributed by atoms with van der Waals surface area (Å²) in [6.45, 7) is 3.54. The van der Waals surface area contributed by atoms with Gasteiger partial charge in [0.15, 0.2) is 5.96 Å². The van der Waals surface area contributed by atoms with Gasteiger partial charge in [-0.25, -0.2) is 4.98 Å². The van der Waals surface area contributed by atoms with Crippen LogP contribution in [0.5, 0.6) is 0 Å². The standard InChI is InChI=1S/C22H29N7.HI/c1-23-22(29-10-8-19(17-29)12-20-13-26-27(2)15-20)25-14-21-24-9-11-28(21)16-18-6-4-3-5-7-18;/h3-7,9,11,13,15,19H,8,10,12,14,16-17H2,1-2H3,(H,23,25);1H. The summed E-state index contributed by atoms with van der Waals surface area (Å²) >= 11 is 0. The van der Waals surface area contributed by atoms with E-state index in [9.17, 15) is 0 Å². The lowest BCUT2D eigenvalue weighted by Gasteiger charge is -2.22. The molecule has 4 rings (SSSR count). The highest BCUT2D eigenvalue weighted by atomic mass is 127. The molecule has 1 N–H and O–H groups in total. The van der Waals surface area contributed by atoms with E-state index in [2.05, 4.69) is 60.3 Å². The van der Waals surface area contributed by atoms with E-state index >= 15 is 0 Å². The number of imidazole rings is 1. The highest BCUT2D eigenvalue weighted by molar-refractivity contribution is 14.0. The summed E-state index contributed by atoms with van der Waals surface area (Å²) in [5, 5.41) is 7.79. The molecule has 7 nitrogen and oxygen atoms in total. The molecule has 1 aliphatic heterocycles. The summed E-state index contributed by atoms with van der Waals surface area (Å²) < 4.78 is 4.06. The smallest absolute Gasteiger partial charge is 0.194 e. The largest absolute Gasteiger partial charge is 0.349 e. The minimum atomic E-state index is 0. The molecule has 1 atom stereocenters. The number of halogens is 1. The maximum absolute atomic E-state index is 4.54. The Morgan fingerprint density at radius 3 is 2.80 bits per heavy atom. The maximum Gasteiger partial charge on any atom is 0.194 e. The van der Waals surface area contributed by atoms with Crippen LogP contribution in [-0.2, 0) is 26.6 Å². The predicted octanol–water partition coefficient (Wildman–Crippen LogP) is 2.92. The van der Waals surface area contributed by atoms with Crippen LogP contribution in [0.2, 0.25) is 0 Å². The molecule has 0 spiro atoms. The van der Waals surface area contributed by atoms with Crippen LogP contribution >= 0.6 is 24.0 Å². The van der Waals surface area contributed by atoms with E-state index in [0.717, 1.165) is 37.8 Å². The Morgan fingerprint density at radius 1 is 1.23 bits per heavy atom. The Kier molecular flexibility index (Phi) is 7.89. The SMILES string of the molecule is CN=C(NCc1nccn1Cc1ccccc1)N1CCC(Cc2cnn(C)c2)C1.I. The Bertz CT molecular complexity index is 947. The van der Waals surface area contributed by atoms with E-state index < -0.39 is 0 Å². The number of likely N-dealkylation sites (tertiary alicyclic amines) is 1. The van der Waals surface area contributed by atoms with Gasteiger partial charge < -0.3 is 14.8 Å². The molecular weight excluding hydrogens is 489 g/mol. The molecular formula is C22H30IN7. The van der Waals surface area contributed by atoms with Gasteiger partial charge in [-0.15, -0.1) is 24.0 Å². The monoisotopic (exact) mass is 519 g/mol. The number of hydrogen-bond donors (Lipinski definition) is 1. The number of aromatic nitrogens is 4. The van der Waals surface area contributed by atoms with E-state index in [1.54, 1.807) is 0 Å². The van der Waals surface area contributed by atoms with Gasteiger partial charge in [-0.3, -0.25) is 9.67 Å². The van der Waals surface area contributed by atoms with Crippen molar-refractivity contribution in [3.8, 4) is 0 Å². The molecule has 3 aromatic rings. The van der Waals surface area contributed by atoms with Crippen molar-refractivity contribution in [1.29, 1.82) is 0 Å². The number of benzene rings is 1. The van der Waals surface area contributed by atoms with Crippen LogP contribution in [-0.4, -0.2) is 50.3 Å². The summed E-state index contributed by atoms with van der Waals surface area (Å²) in [6, 6.07) is 10.5. The summed E-state index contributed by atoms with van der Waals surface area (Å²) in [5.41, 5.74) is 2.58. The summed E-state index contributed by atoms with van der Waals surface area (Å²) in [7, 11) is 3.82. The Balaban J connectivity index is 0.00000256. The van der Waals surface area contributed by atoms with Gasteiger partial charge in [0.2, 0.25) is 0 Å². The summed E-state index contributed by atoms with van der Waals surface area (Å²) in [6.07, 6.45) is 10.2. The molecule has 1 fully saturated rings. The molecule has 160 valence electrons. The molecule has 8 heteroatoms. The number of nitrogens with one attached hydrogen (secondary N) is 1. The second-order valence-electron chi connectivity index (χ2n) is 7.68. The molecule has 0 aliphatic carbocycles. The first kappa shape index (κ1) is 22.3. The zero-order valence-electron chi connectivity index (χ0n) is 17.6. The average molecular weight is 519 g/mol. The van der Waals surface area contributed by atoms with Crippen LogP contribution in [0.1, 0.15) is 23.4 Å². The van der Waals surface area contributed by atoms with Gasteiger partial charge in [0.1, 0.15) is 5.82 Å². The van der Waals surface area contributed by atoms with Crippen LogP contribution in [0, 0.1) is 5.92 Å². The van der Waals surface area contributed by atoms with Crippen molar-refractivity contribution in [1.82, 2.24) is 29.5 Å². The normalized spacial score (nSPS) is 16.5. The third-order valence-electron chi connectivity index (χ3n) is 5.48. The summed E-state index contributed by atoms with van der Waals surface area (Å²) in [5.74, 6) is 2.60. The molecule has 30 heavy (non-hydrogen) atoms. The molecule has 2 aromatic heterocycles. The Morgan fingerprint density at radius 2 is 2.07 bits per heavy atom. The van der Waals surface area contributed by atoms with Crippen molar-refractivity contribution in [3.05, 3.63) is 72.1 Å². The number of guanidine groups is 1. The molecule has 3 heterocycles. The minimum Gasteiger partial charge on any atom is -0.349 e. The lowest BCUT2D eigenvalue weighted by Crippen LogP contribution is -2.40. The van der Waals surface area contributed by atoms with Crippen LogP contribution in [0.25, 0.3) is 0 Å². The highest BCUT2D eigenvalue weighted by Crippen LogP contribution is 2.20. The first-order chi connectivity index (χ1) is 14.2. The molecule has 1 aromatic carbocycles. The van der Waals surface area contributed by atoms with Gasteiger partial charge in [0.05, 0.1) is 12.7 Å². The predicted molar refractivity (Wildman–Crippen MR) is 130 cm³/mol. The van der Waals surface area contributed by atoms with Crippen molar-refractivity contribution < 1.29 is 0 Å². The number of aliphatic imine (C=N–C) groups is 1. The number of hydrogen-bond acceptors (Lipinski definition) is 3. The molecule has 1 saturated heterocycles. The fraction of sp³-hybridized carbons (Fsp3) is 0.409. The van der Waals surface area contributed by atoms with E-state index in [0.29, 0.717) is 12.5 Å². The molecule has 1 aliphatic rings. The van der Waals surface area contributed by atoms with Gasteiger partial charge >= 0.3 is 0 Å². The zero-order valence-corrected chi connectivity index (χ0v) is 19.9. The molecule has 0 saturated carbocycles. The van der Waals surface area contributed by atoms with E-state index in [1.165, 1.54) is 17.5 Å². The van der Waals surface area contributed by atoms with Crippen molar-refractivity contribution in [3.63, 3.8) is 0 Å². The lowest BCUT2D eigenvalue weighted by atomic mass is 10.0. The third-order valence-corrected chi connectivity index (χ3v) is 5.48. The quantitative estimate of drug-likeness (QED) is 0.309. The van der Waals surface area contributed by atoms with Crippen LogP contribution in [0.3, 0.4) is 0 Å². The first-order valence-electron chi connectivity index (χ1n) is 10.2. The van der Waals surface area contributed by atoms with E-state index in [4.69, 9.17) is 0 Å². The zero-order chi connectivity index (χ0) is 20.1.